The van der Waals surface area contributed by atoms with E-state index in [1.807, 2.05) is 13.8 Å². The SMILES string of the molecule is CN1CCC(CN(C)CCC(C)(C)C(N)=NO)CC1. The molecule has 0 spiro atoms. The summed E-state index contributed by atoms with van der Waals surface area (Å²) >= 11 is 0. The van der Waals surface area contributed by atoms with Gasteiger partial charge in [0.1, 0.15) is 5.84 Å². The molecule has 0 aliphatic carbocycles. The molecule has 1 fully saturated rings. The normalized spacial score (nSPS) is 20.2. The molecule has 0 atom stereocenters. The van der Waals surface area contributed by atoms with Gasteiger partial charge in [0, 0.05) is 12.0 Å². The Hall–Kier alpha value is -0.810. The second kappa shape index (κ2) is 7.10. The minimum absolute atomic E-state index is 0.240. The molecule has 1 heterocycles. The van der Waals surface area contributed by atoms with Crippen molar-refractivity contribution in [3.8, 4) is 0 Å². The summed E-state index contributed by atoms with van der Waals surface area (Å²) < 4.78 is 0. The van der Waals surface area contributed by atoms with Crippen molar-refractivity contribution in [2.24, 2.45) is 22.2 Å². The molecule has 19 heavy (non-hydrogen) atoms. The number of hydrogen-bond acceptors (Lipinski definition) is 4. The van der Waals surface area contributed by atoms with Crippen LogP contribution in [0.2, 0.25) is 0 Å². The van der Waals surface area contributed by atoms with Gasteiger partial charge < -0.3 is 20.7 Å². The third-order valence-corrected chi connectivity index (χ3v) is 4.33. The van der Waals surface area contributed by atoms with Crippen molar-refractivity contribution in [2.45, 2.75) is 33.1 Å². The number of amidine groups is 1. The minimum Gasteiger partial charge on any atom is -0.409 e. The van der Waals surface area contributed by atoms with Gasteiger partial charge in [0.2, 0.25) is 0 Å². The van der Waals surface area contributed by atoms with Crippen LogP contribution in [0.4, 0.5) is 0 Å². The number of piperidine rings is 1. The van der Waals surface area contributed by atoms with Crippen LogP contribution in [0.25, 0.3) is 0 Å². The Kier molecular flexibility index (Phi) is 6.07. The van der Waals surface area contributed by atoms with E-state index in [-0.39, 0.29) is 5.41 Å². The van der Waals surface area contributed by atoms with Gasteiger partial charge >= 0.3 is 0 Å². The second-order valence-corrected chi connectivity index (χ2v) is 6.63. The number of nitrogens with two attached hydrogens (primary N) is 1. The molecular formula is C14H30N4O. The fraction of sp³-hybridized carbons (Fsp3) is 0.929. The number of oxime groups is 1. The van der Waals surface area contributed by atoms with Gasteiger partial charge in [-0.25, -0.2) is 0 Å². The monoisotopic (exact) mass is 270 g/mol. The summed E-state index contributed by atoms with van der Waals surface area (Å²) in [4.78, 5) is 4.78. The highest BCUT2D eigenvalue weighted by Gasteiger charge is 2.24. The molecule has 1 rings (SSSR count). The van der Waals surface area contributed by atoms with Crippen LogP contribution in [0.1, 0.15) is 33.1 Å². The molecule has 5 heteroatoms. The zero-order valence-corrected chi connectivity index (χ0v) is 12.9. The summed E-state index contributed by atoms with van der Waals surface area (Å²) in [6.07, 6.45) is 3.50. The number of hydrogen-bond donors (Lipinski definition) is 2. The van der Waals surface area contributed by atoms with Crippen LogP contribution in [0.3, 0.4) is 0 Å². The van der Waals surface area contributed by atoms with Crippen LogP contribution in [-0.4, -0.2) is 61.1 Å². The number of likely N-dealkylation sites (tertiary alicyclic amines) is 1. The van der Waals surface area contributed by atoms with E-state index in [0.717, 1.165) is 25.4 Å². The van der Waals surface area contributed by atoms with Gasteiger partial charge in [-0.3, -0.25) is 0 Å². The molecule has 0 aromatic carbocycles. The standard InChI is InChI=1S/C14H30N4O/c1-14(2,13(15)16-19)7-10-18(4)11-12-5-8-17(3)9-6-12/h12,19H,5-11H2,1-4H3,(H2,15,16). The average molecular weight is 270 g/mol. The summed E-state index contributed by atoms with van der Waals surface area (Å²) in [5.74, 6) is 1.13. The van der Waals surface area contributed by atoms with E-state index in [0.29, 0.717) is 5.84 Å². The summed E-state index contributed by atoms with van der Waals surface area (Å²) in [5, 5.41) is 11.9. The van der Waals surface area contributed by atoms with Crippen molar-refractivity contribution in [1.29, 1.82) is 0 Å². The Labute approximate surface area is 117 Å². The van der Waals surface area contributed by atoms with E-state index in [9.17, 15) is 0 Å². The molecule has 0 aromatic rings. The largest absolute Gasteiger partial charge is 0.409 e. The quantitative estimate of drug-likeness (QED) is 0.332. The van der Waals surface area contributed by atoms with Crippen LogP contribution >= 0.6 is 0 Å². The summed E-state index contributed by atoms with van der Waals surface area (Å²) in [6, 6.07) is 0. The highest BCUT2D eigenvalue weighted by molar-refractivity contribution is 5.85. The Bertz CT molecular complexity index is 296. The van der Waals surface area contributed by atoms with Gasteiger partial charge in [-0.15, -0.1) is 0 Å². The van der Waals surface area contributed by atoms with Gasteiger partial charge in [0.25, 0.3) is 0 Å². The zero-order chi connectivity index (χ0) is 14.5. The molecule has 0 aromatic heterocycles. The maximum atomic E-state index is 8.77. The molecule has 112 valence electrons. The summed E-state index contributed by atoms with van der Waals surface area (Å²) in [6.45, 7) is 8.61. The maximum absolute atomic E-state index is 8.77. The molecular weight excluding hydrogens is 240 g/mol. The molecule has 0 saturated carbocycles. The van der Waals surface area contributed by atoms with Crippen molar-refractivity contribution >= 4 is 5.84 Å². The first-order valence-electron chi connectivity index (χ1n) is 7.20. The number of nitrogens with zero attached hydrogens (tertiary/aromatic N) is 3. The lowest BCUT2D eigenvalue weighted by Crippen LogP contribution is -2.38. The Morgan fingerprint density at radius 2 is 2.00 bits per heavy atom. The van der Waals surface area contributed by atoms with Crippen molar-refractivity contribution in [1.82, 2.24) is 9.80 Å². The lowest BCUT2D eigenvalue weighted by atomic mass is 9.87. The first-order valence-corrected chi connectivity index (χ1v) is 7.20. The molecule has 0 amide bonds. The highest BCUT2D eigenvalue weighted by atomic mass is 16.4. The van der Waals surface area contributed by atoms with Crippen LogP contribution in [-0.2, 0) is 0 Å². The molecule has 1 saturated heterocycles. The van der Waals surface area contributed by atoms with E-state index in [2.05, 4.69) is 29.1 Å². The van der Waals surface area contributed by atoms with Crippen molar-refractivity contribution in [3.05, 3.63) is 0 Å². The molecule has 1 aliphatic heterocycles. The lowest BCUT2D eigenvalue weighted by molar-refractivity contribution is 0.170. The Morgan fingerprint density at radius 3 is 2.53 bits per heavy atom. The van der Waals surface area contributed by atoms with Crippen molar-refractivity contribution in [3.63, 3.8) is 0 Å². The first-order chi connectivity index (χ1) is 8.85. The van der Waals surface area contributed by atoms with Crippen LogP contribution in [0, 0.1) is 11.3 Å². The third kappa shape index (κ3) is 5.37. The van der Waals surface area contributed by atoms with E-state index in [1.54, 1.807) is 0 Å². The smallest absolute Gasteiger partial charge is 0.144 e. The van der Waals surface area contributed by atoms with Crippen LogP contribution in [0.15, 0.2) is 5.16 Å². The molecule has 0 radical (unpaired) electrons. The van der Waals surface area contributed by atoms with Gasteiger partial charge in [0.15, 0.2) is 0 Å². The van der Waals surface area contributed by atoms with Gasteiger partial charge in [-0.2, -0.15) is 0 Å². The van der Waals surface area contributed by atoms with Crippen molar-refractivity contribution < 1.29 is 5.21 Å². The lowest BCUT2D eigenvalue weighted by Gasteiger charge is -2.33. The van der Waals surface area contributed by atoms with Gasteiger partial charge in [-0.1, -0.05) is 19.0 Å². The zero-order valence-electron chi connectivity index (χ0n) is 12.9. The molecule has 1 aliphatic rings. The van der Waals surface area contributed by atoms with E-state index in [1.165, 1.54) is 25.9 Å². The molecule has 3 N–H and O–H groups in total. The highest BCUT2D eigenvalue weighted by Crippen LogP contribution is 2.22. The predicted octanol–water partition coefficient (Wildman–Crippen LogP) is 1.42. The van der Waals surface area contributed by atoms with Crippen LogP contribution < -0.4 is 5.73 Å². The fourth-order valence-corrected chi connectivity index (χ4v) is 2.51. The molecule has 0 bridgehead atoms. The van der Waals surface area contributed by atoms with Crippen LogP contribution in [0.5, 0.6) is 0 Å². The average Bonchev–Trinajstić information content (AvgIpc) is 2.38. The summed E-state index contributed by atoms with van der Waals surface area (Å²) in [7, 11) is 4.36. The molecule has 0 unspecified atom stereocenters. The summed E-state index contributed by atoms with van der Waals surface area (Å²) in [5.41, 5.74) is 5.47. The minimum atomic E-state index is -0.240. The van der Waals surface area contributed by atoms with Gasteiger partial charge in [-0.05, 0) is 58.9 Å². The Morgan fingerprint density at radius 1 is 1.42 bits per heavy atom. The van der Waals surface area contributed by atoms with Gasteiger partial charge in [0.05, 0.1) is 0 Å². The fourth-order valence-electron chi connectivity index (χ4n) is 2.51. The predicted molar refractivity (Wildman–Crippen MR) is 79.5 cm³/mol. The molecule has 5 nitrogen and oxygen atoms in total. The van der Waals surface area contributed by atoms with E-state index < -0.39 is 0 Å². The van der Waals surface area contributed by atoms with E-state index >= 15 is 0 Å². The van der Waals surface area contributed by atoms with Crippen molar-refractivity contribution in [2.75, 3.05) is 40.3 Å². The Balaban J connectivity index is 2.30. The first kappa shape index (κ1) is 16.2. The topological polar surface area (TPSA) is 65.1 Å². The third-order valence-electron chi connectivity index (χ3n) is 4.33. The number of rotatable bonds is 6. The second-order valence-electron chi connectivity index (χ2n) is 6.63. The van der Waals surface area contributed by atoms with E-state index in [4.69, 9.17) is 10.9 Å². The maximum Gasteiger partial charge on any atom is 0.144 e.